The van der Waals surface area contributed by atoms with Gasteiger partial charge in [0, 0.05) is 11.3 Å². The molecule has 0 spiro atoms. The second-order valence-corrected chi connectivity index (χ2v) is 17.5. The van der Waals surface area contributed by atoms with Crippen LogP contribution in [0, 0.1) is 11.7 Å². The van der Waals surface area contributed by atoms with Gasteiger partial charge in [-0.15, -0.1) is 0 Å². The second-order valence-electron chi connectivity index (χ2n) is 15.9. The zero-order valence-electron chi connectivity index (χ0n) is 33.4. The minimum Gasteiger partial charge on any atom is -0.508 e. The van der Waals surface area contributed by atoms with Gasteiger partial charge in [-0.05, 0) is 77.9 Å². The summed E-state index contributed by atoms with van der Waals surface area (Å²) in [7, 11) is -4.52. The first-order chi connectivity index (χ1) is 29.6. The molecule has 0 bridgehead atoms. The molecule has 0 radical (unpaired) electrons. The number of aromatic hydroxyl groups is 1. The maximum absolute atomic E-state index is 13.6. The van der Waals surface area contributed by atoms with Crippen molar-refractivity contribution in [3.05, 3.63) is 114 Å². The van der Waals surface area contributed by atoms with Gasteiger partial charge in [0.15, 0.2) is 6.29 Å². The minimum absolute atomic E-state index is 0.0457. The Bertz CT molecular complexity index is 2250. The van der Waals surface area contributed by atoms with Gasteiger partial charge < -0.3 is 64.1 Å². The van der Waals surface area contributed by atoms with Gasteiger partial charge in [-0.2, -0.15) is 8.42 Å². The Morgan fingerprint density at radius 2 is 1.40 bits per heavy atom. The number of β-lactam (4-membered cyclic amide) rings is 1. The molecule has 3 aliphatic heterocycles. The third-order valence-corrected chi connectivity index (χ3v) is 13.0. The Kier molecular flexibility index (Phi) is 14.0. The van der Waals surface area contributed by atoms with Crippen LogP contribution in [0.3, 0.4) is 0 Å². The highest BCUT2D eigenvalue weighted by molar-refractivity contribution is 7.87. The van der Waals surface area contributed by atoms with Gasteiger partial charge in [-0.3, -0.25) is 4.79 Å². The van der Waals surface area contributed by atoms with Crippen LogP contribution in [0.1, 0.15) is 42.9 Å². The average molecular weight is 884 g/mol. The molecule has 0 saturated carbocycles. The lowest BCUT2D eigenvalue weighted by Crippen LogP contribution is -2.65. The summed E-state index contributed by atoms with van der Waals surface area (Å²) < 4.78 is 61.6. The molecule has 0 aromatic heterocycles. The number of ether oxygens (including phenoxy) is 3. The largest absolute Gasteiger partial charge is 0.508 e. The van der Waals surface area contributed by atoms with E-state index in [-0.39, 0.29) is 29.1 Å². The summed E-state index contributed by atoms with van der Waals surface area (Å²) in [5.41, 5.74) is 3.38. The molecule has 7 rings (SSSR count). The van der Waals surface area contributed by atoms with E-state index in [1.165, 1.54) is 24.3 Å². The lowest BCUT2D eigenvalue weighted by molar-refractivity contribution is -0.341. The first-order valence-corrected chi connectivity index (χ1v) is 21.8. The lowest BCUT2D eigenvalue weighted by Gasteiger charge is -2.48. The predicted octanol–water partition coefficient (Wildman–Crippen LogP) is 1.86. The van der Waals surface area contributed by atoms with Gasteiger partial charge in [0.25, 0.3) is 0 Å². The number of carbonyl (C=O) groups is 1. The maximum atomic E-state index is 13.6. The van der Waals surface area contributed by atoms with Gasteiger partial charge in [-0.1, -0.05) is 61.5 Å². The van der Waals surface area contributed by atoms with E-state index in [0.717, 1.165) is 5.56 Å². The SMILES string of the molecule is C[C@@H](CC[C@H]1C(=O)N(c2ccccc2)[C@@H]1c1ccc(-c2ccc(OS(=O)(=O)C[C@@H]3OC(CO)[C@H](O[C@@H]4OC(CO)[C@H](O)[C@H](O)C4O)[C@H](O)C3O)cc2)cc1O)c1ccc(F)cc1. The number of rotatable bonds is 15. The van der Waals surface area contributed by atoms with E-state index in [0.29, 0.717) is 35.2 Å². The summed E-state index contributed by atoms with van der Waals surface area (Å²) in [5.74, 6) is -1.87. The van der Waals surface area contributed by atoms with Crippen molar-refractivity contribution in [3.8, 4) is 22.6 Å². The number of benzene rings is 4. The molecular formula is C44H50FNO15S. The summed E-state index contributed by atoms with van der Waals surface area (Å²) >= 11 is 0. The number of aliphatic hydroxyl groups excluding tert-OH is 7. The number of phenolic OH excluding ortho intramolecular Hbond substituents is 1. The van der Waals surface area contributed by atoms with E-state index in [2.05, 4.69) is 0 Å². The van der Waals surface area contributed by atoms with E-state index >= 15 is 0 Å². The first-order valence-electron chi connectivity index (χ1n) is 20.2. The Labute approximate surface area is 357 Å². The minimum atomic E-state index is -4.52. The topological polar surface area (TPSA) is 253 Å². The molecular weight excluding hydrogens is 834 g/mol. The molecule has 4 aromatic rings. The Morgan fingerprint density at radius 1 is 0.758 bits per heavy atom. The van der Waals surface area contributed by atoms with Crippen molar-refractivity contribution >= 4 is 21.7 Å². The zero-order chi connectivity index (χ0) is 44.5. The molecule has 4 unspecified atom stereocenters. The number of hydrogen-bond acceptors (Lipinski definition) is 15. The number of para-hydroxylation sites is 1. The Balaban J connectivity index is 1.00. The van der Waals surface area contributed by atoms with Crippen molar-refractivity contribution in [2.45, 2.75) is 93.0 Å². The highest BCUT2D eigenvalue weighted by Gasteiger charge is 2.52. The van der Waals surface area contributed by atoms with Gasteiger partial charge in [0.1, 0.15) is 78.0 Å². The average Bonchev–Trinajstić information content (AvgIpc) is 3.26. The van der Waals surface area contributed by atoms with Crippen molar-refractivity contribution in [1.82, 2.24) is 0 Å². The lowest BCUT2D eigenvalue weighted by atomic mass is 9.76. The molecule has 3 saturated heterocycles. The van der Waals surface area contributed by atoms with Gasteiger partial charge in [0.05, 0.1) is 25.2 Å². The molecule has 8 N–H and O–H groups in total. The van der Waals surface area contributed by atoms with Crippen LogP contribution in [0.5, 0.6) is 11.5 Å². The molecule has 1 amide bonds. The number of anilines is 1. The third-order valence-electron chi connectivity index (χ3n) is 11.8. The molecule has 0 aliphatic carbocycles. The van der Waals surface area contributed by atoms with Crippen LogP contribution in [0.2, 0.25) is 0 Å². The fourth-order valence-electron chi connectivity index (χ4n) is 8.31. The summed E-state index contributed by atoms with van der Waals surface area (Å²) in [6.07, 6.45) is -15.8. The quantitative estimate of drug-likeness (QED) is 0.0627. The highest BCUT2D eigenvalue weighted by atomic mass is 32.2. The van der Waals surface area contributed by atoms with Crippen LogP contribution in [-0.2, 0) is 29.1 Å². The Hall–Kier alpha value is -4.57. The predicted molar refractivity (Wildman–Crippen MR) is 219 cm³/mol. The fourth-order valence-corrected chi connectivity index (χ4v) is 9.46. The number of phenols is 1. The van der Waals surface area contributed by atoms with Gasteiger partial charge in [-0.25, -0.2) is 4.39 Å². The number of halogens is 1. The fraction of sp³-hybridized carbons (Fsp3) is 0.432. The summed E-state index contributed by atoms with van der Waals surface area (Å²) in [5, 5.41) is 83.2. The van der Waals surface area contributed by atoms with Crippen LogP contribution in [-0.4, -0.2) is 135 Å². The van der Waals surface area contributed by atoms with E-state index in [1.54, 1.807) is 47.4 Å². The molecule has 13 atom stereocenters. The molecule has 334 valence electrons. The number of amides is 1. The molecule has 16 nitrogen and oxygen atoms in total. The van der Waals surface area contributed by atoms with Crippen LogP contribution in [0.4, 0.5) is 10.1 Å². The van der Waals surface area contributed by atoms with Crippen LogP contribution in [0.15, 0.2) is 97.1 Å². The normalized spacial score (nSPS) is 30.7. The van der Waals surface area contributed by atoms with Crippen molar-refractivity contribution in [1.29, 1.82) is 0 Å². The summed E-state index contributed by atoms with van der Waals surface area (Å²) in [4.78, 5) is 15.3. The molecule has 62 heavy (non-hydrogen) atoms. The molecule has 3 aliphatic rings. The number of hydrogen-bond donors (Lipinski definition) is 8. The smallest absolute Gasteiger partial charge is 0.311 e. The molecule has 18 heteroatoms. The van der Waals surface area contributed by atoms with E-state index in [9.17, 15) is 58.5 Å². The summed E-state index contributed by atoms with van der Waals surface area (Å²) in [6, 6.07) is 26.0. The van der Waals surface area contributed by atoms with Gasteiger partial charge >= 0.3 is 10.1 Å². The monoisotopic (exact) mass is 883 g/mol. The van der Waals surface area contributed by atoms with Crippen LogP contribution < -0.4 is 9.08 Å². The number of carbonyl (C=O) groups excluding carboxylic acids is 1. The van der Waals surface area contributed by atoms with Gasteiger partial charge in [0.2, 0.25) is 5.91 Å². The number of nitrogens with zero attached hydrogens (tertiary/aromatic N) is 1. The van der Waals surface area contributed by atoms with Crippen molar-refractivity contribution in [2.75, 3.05) is 23.9 Å². The molecule has 3 fully saturated rings. The maximum Gasteiger partial charge on any atom is 0.311 e. The Morgan fingerprint density at radius 3 is 2.05 bits per heavy atom. The standard InChI is InChI=1S/C44H50FNO15S/c1-23(24-8-13-27(45)14-9-24)7-17-31-36(46(43(31)55)28-5-3-2-4-6-28)30-18-12-26(19-32(30)49)25-10-15-29(16-11-25)61-62(56,57)22-35-38(51)40(53)42(34(21-48)58-35)60-44-41(54)39(52)37(50)33(20-47)59-44/h2-6,8-16,18-19,23,31,33-42,44,47-54H,7,17,20-22H2,1H3/t23-,31+,33?,34?,35-,36+,37-,38?,39-,40+,41?,42-,44-/m0/s1. The van der Waals surface area contributed by atoms with Crippen molar-refractivity contribution < 1.29 is 76.8 Å². The molecule has 4 aromatic carbocycles. The number of aliphatic hydroxyl groups is 7. The zero-order valence-corrected chi connectivity index (χ0v) is 34.3. The van der Waals surface area contributed by atoms with E-state index < -0.39 is 102 Å². The van der Waals surface area contributed by atoms with Crippen molar-refractivity contribution in [2.24, 2.45) is 5.92 Å². The third kappa shape index (κ3) is 9.51. The van der Waals surface area contributed by atoms with Crippen LogP contribution >= 0.6 is 0 Å². The van der Waals surface area contributed by atoms with Crippen molar-refractivity contribution in [3.63, 3.8) is 0 Å². The molecule has 3 heterocycles. The highest BCUT2D eigenvalue weighted by Crippen LogP contribution is 2.49. The van der Waals surface area contributed by atoms with E-state index in [1.807, 2.05) is 37.3 Å². The van der Waals surface area contributed by atoms with E-state index in [4.69, 9.17) is 18.4 Å². The summed E-state index contributed by atoms with van der Waals surface area (Å²) in [6.45, 7) is 0.421. The second kappa shape index (κ2) is 19.0. The van der Waals surface area contributed by atoms with Crippen LogP contribution in [0.25, 0.3) is 11.1 Å². The first kappa shape index (κ1) is 45.5.